The second kappa shape index (κ2) is 4.81. The van der Waals surface area contributed by atoms with E-state index in [0.29, 0.717) is 5.75 Å². The summed E-state index contributed by atoms with van der Waals surface area (Å²) >= 11 is 0. The molecule has 14 heavy (non-hydrogen) atoms. The molecule has 3 nitrogen and oxygen atoms in total. The number of aliphatic hydroxyl groups is 1. The molecule has 0 aliphatic carbocycles. The fourth-order valence-electron chi connectivity index (χ4n) is 0.994. The minimum Gasteiger partial charge on any atom is -0.493 e. The van der Waals surface area contributed by atoms with Crippen LogP contribution in [0.4, 0.5) is 4.39 Å². The van der Waals surface area contributed by atoms with Crippen molar-refractivity contribution < 1.29 is 19.0 Å². The molecule has 0 bridgehead atoms. The maximum Gasteiger partial charge on any atom is 0.197 e. The Bertz CT molecular complexity index is 299. The smallest absolute Gasteiger partial charge is 0.197 e. The van der Waals surface area contributed by atoms with Crippen LogP contribution in [0.15, 0.2) is 18.2 Å². The lowest BCUT2D eigenvalue weighted by Crippen LogP contribution is -2.13. The number of aliphatic hydroxyl groups excluding tert-OH is 1. The molecule has 1 atom stereocenters. The van der Waals surface area contributed by atoms with E-state index in [1.807, 2.05) is 0 Å². The summed E-state index contributed by atoms with van der Waals surface area (Å²) in [5.74, 6) is -0.133. The molecule has 0 fully saturated rings. The molecule has 0 saturated heterocycles. The summed E-state index contributed by atoms with van der Waals surface area (Å²) in [6, 6.07) is 4.41. The first-order valence-electron chi connectivity index (χ1n) is 4.28. The van der Waals surface area contributed by atoms with E-state index in [1.54, 1.807) is 13.0 Å². The van der Waals surface area contributed by atoms with Gasteiger partial charge in [-0.1, -0.05) is 6.07 Å². The fourth-order valence-corrected chi connectivity index (χ4v) is 0.994. The van der Waals surface area contributed by atoms with E-state index in [4.69, 9.17) is 14.6 Å². The Morgan fingerprint density at radius 2 is 2.21 bits per heavy atom. The van der Waals surface area contributed by atoms with Crippen molar-refractivity contribution in [1.82, 2.24) is 0 Å². The monoisotopic (exact) mass is 200 g/mol. The molecular formula is C10H13FO3. The SMILES string of the molecule is COc1cccc(F)c1OC[C@H](C)O. The van der Waals surface area contributed by atoms with E-state index in [-0.39, 0.29) is 12.4 Å². The van der Waals surface area contributed by atoms with Crippen LogP contribution in [-0.2, 0) is 0 Å². The van der Waals surface area contributed by atoms with E-state index in [2.05, 4.69) is 0 Å². The topological polar surface area (TPSA) is 38.7 Å². The first-order chi connectivity index (χ1) is 6.65. The highest BCUT2D eigenvalue weighted by Gasteiger charge is 2.10. The molecular weight excluding hydrogens is 187 g/mol. The van der Waals surface area contributed by atoms with Gasteiger partial charge >= 0.3 is 0 Å². The van der Waals surface area contributed by atoms with Gasteiger partial charge in [-0.2, -0.15) is 0 Å². The third kappa shape index (κ3) is 2.60. The molecule has 0 saturated carbocycles. The van der Waals surface area contributed by atoms with Crippen molar-refractivity contribution in [3.05, 3.63) is 24.0 Å². The zero-order chi connectivity index (χ0) is 10.6. The van der Waals surface area contributed by atoms with Gasteiger partial charge in [-0.3, -0.25) is 0 Å². The molecule has 0 heterocycles. The lowest BCUT2D eigenvalue weighted by molar-refractivity contribution is 0.118. The Labute approximate surface area is 82.1 Å². The summed E-state index contributed by atoms with van der Waals surface area (Å²) in [5, 5.41) is 8.98. The van der Waals surface area contributed by atoms with Crippen LogP contribution in [0.1, 0.15) is 6.92 Å². The summed E-state index contributed by atoms with van der Waals surface area (Å²) in [5.41, 5.74) is 0. The molecule has 0 aromatic heterocycles. The van der Waals surface area contributed by atoms with Gasteiger partial charge in [0.15, 0.2) is 17.3 Å². The van der Waals surface area contributed by atoms with Crippen LogP contribution >= 0.6 is 0 Å². The molecule has 0 spiro atoms. The highest BCUT2D eigenvalue weighted by Crippen LogP contribution is 2.29. The minimum absolute atomic E-state index is 0.0379. The Morgan fingerprint density at radius 3 is 2.79 bits per heavy atom. The van der Waals surface area contributed by atoms with Crippen molar-refractivity contribution in [3.8, 4) is 11.5 Å². The normalized spacial score (nSPS) is 12.3. The van der Waals surface area contributed by atoms with Crippen molar-refractivity contribution in [3.63, 3.8) is 0 Å². The molecule has 78 valence electrons. The van der Waals surface area contributed by atoms with Crippen LogP contribution < -0.4 is 9.47 Å². The van der Waals surface area contributed by atoms with Gasteiger partial charge in [0.2, 0.25) is 0 Å². The maximum absolute atomic E-state index is 13.2. The standard InChI is InChI=1S/C10H13FO3/c1-7(12)6-14-10-8(11)4-3-5-9(10)13-2/h3-5,7,12H,6H2,1-2H3/t7-/m0/s1. The molecule has 4 heteroatoms. The van der Waals surface area contributed by atoms with E-state index in [0.717, 1.165) is 0 Å². The number of rotatable bonds is 4. The first kappa shape index (κ1) is 10.8. The largest absolute Gasteiger partial charge is 0.493 e. The fraction of sp³-hybridized carbons (Fsp3) is 0.400. The average Bonchev–Trinajstić information content (AvgIpc) is 2.15. The summed E-state index contributed by atoms with van der Waals surface area (Å²) in [7, 11) is 1.43. The van der Waals surface area contributed by atoms with Crippen molar-refractivity contribution in [1.29, 1.82) is 0 Å². The molecule has 0 unspecified atom stereocenters. The Kier molecular flexibility index (Phi) is 3.71. The Morgan fingerprint density at radius 1 is 1.50 bits per heavy atom. The highest BCUT2D eigenvalue weighted by atomic mass is 19.1. The van der Waals surface area contributed by atoms with Crippen LogP contribution in [0.2, 0.25) is 0 Å². The Balaban J connectivity index is 2.82. The van der Waals surface area contributed by atoms with E-state index in [1.165, 1.54) is 19.2 Å². The summed E-state index contributed by atoms with van der Waals surface area (Å²) in [4.78, 5) is 0. The summed E-state index contributed by atoms with van der Waals surface area (Å²) in [6.45, 7) is 1.60. The van der Waals surface area contributed by atoms with Crippen LogP contribution in [0, 0.1) is 5.82 Å². The predicted octanol–water partition coefficient (Wildman–Crippen LogP) is 1.59. The van der Waals surface area contributed by atoms with Gasteiger partial charge < -0.3 is 14.6 Å². The van der Waals surface area contributed by atoms with Crippen molar-refractivity contribution in [2.24, 2.45) is 0 Å². The molecule has 1 aromatic rings. The van der Waals surface area contributed by atoms with Gasteiger partial charge in [-0.25, -0.2) is 4.39 Å². The molecule has 0 amide bonds. The average molecular weight is 200 g/mol. The second-order valence-corrected chi connectivity index (χ2v) is 2.93. The molecule has 1 aromatic carbocycles. The van der Waals surface area contributed by atoms with Crippen molar-refractivity contribution >= 4 is 0 Å². The van der Waals surface area contributed by atoms with Crippen LogP contribution in [0.3, 0.4) is 0 Å². The summed E-state index contributed by atoms with van der Waals surface area (Å²) < 4.78 is 23.2. The lowest BCUT2D eigenvalue weighted by atomic mass is 10.3. The minimum atomic E-state index is -0.640. The van der Waals surface area contributed by atoms with Crippen LogP contribution in [0.25, 0.3) is 0 Å². The van der Waals surface area contributed by atoms with Crippen LogP contribution in [-0.4, -0.2) is 24.9 Å². The molecule has 0 aliphatic heterocycles. The van der Waals surface area contributed by atoms with Gasteiger partial charge in [-0.05, 0) is 19.1 Å². The maximum atomic E-state index is 13.2. The van der Waals surface area contributed by atoms with Crippen LogP contribution in [0.5, 0.6) is 11.5 Å². The number of benzene rings is 1. The zero-order valence-corrected chi connectivity index (χ0v) is 8.16. The lowest BCUT2D eigenvalue weighted by Gasteiger charge is -2.12. The molecule has 1 rings (SSSR count). The van der Waals surface area contributed by atoms with E-state index in [9.17, 15) is 4.39 Å². The number of hydrogen-bond acceptors (Lipinski definition) is 3. The van der Waals surface area contributed by atoms with E-state index >= 15 is 0 Å². The molecule has 0 radical (unpaired) electrons. The molecule has 0 aliphatic rings. The van der Waals surface area contributed by atoms with Gasteiger partial charge in [0.1, 0.15) is 6.61 Å². The van der Waals surface area contributed by atoms with Gasteiger partial charge in [-0.15, -0.1) is 0 Å². The number of halogens is 1. The number of methoxy groups -OCH3 is 1. The van der Waals surface area contributed by atoms with Gasteiger partial charge in [0.25, 0.3) is 0 Å². The van der Waals surface area contributed by atoms with Gasteiger partial charge in [0, 0.05) is 0 Å². The highest BCUT2D eigenvalue weighted by molar-refractivity contribution is 5.40. The quantitative estimate of drug-likeness (QED) is 0.802. The number of ether oxygens (including phenoxy) is 2. The first-order valence-corrected chi connectivity index (χ1v) is 4.28. The third-order valence-electron chi connectivity index (χ3n) is 1.62. The number of para-hydroxylation sites is 1. The van der Waals surface area contributed by atoms with E-state index < -0.39 is 11.9 Å². The molecule has 1 N–H and O–H groups in total. The third-order valence-corrected chi connectivity index (χ3v) is 1.62. The number of hydrogen-bond donors (Lipinski definition) is 1. The summed E-state index contributed by atoms with van der Waals surface area (Å²) in [6.07, 6.45) is -0.640. The van der Waals surface area contributed by atoms with Crippen molar-refractivity contribution in [2.75, 3.05) is 13.7 Å². The van der Waals surface area contributed by atoms with Crippen molar-refractivity contribution in [2.45, 2.75) is 13.0 Å². The zero-order valence-electron chi connectivity index (χ0n) is 8.16. The predicted molar refractivity (Wildman–Crippen MR) is 50.1 cm³/mol. The Hall–Kier alpha value is -1.29. The second-order valence-electron chi connectivity index (χ2n) is 2.93. The van der Waals surface area contributed by atoms with Gasteiger partial charge in [0.05, 0.1) is 13.2 Å².